The molecule has 0 N–H and O–H groups in total. The van der Waals surface area contributed by atoms with Crippen LogP contribution in [0.2, 0.25) is 5.02 Å². The Hall–Kier alpha value is -2.37. The number of hydrogen-bond donors (Lipinski definition) is 0. The molecule has 0 bridgehead atoms. The number of carbonyl (C=O) groups is 1. The lowest BCUT2D eigenvalue weighted by atomic mass is 10.0. The minimum absolute atomic E-state index is 0.00404. The topological polar surface area (TPSA) is 54.5 Å². The second-order valence-corrected chi connectivity index (χ2v) is 9.80. The van der Waals surface area contributed by atoms with Gasteiger partial charge in [-0.1, -0.05) is 60.1 Å². The Balaban J connectivity index is 1.73. The molecule has 6 heteroatoms. The molecule has 3 aromatic carbocycles. The lowest BCUT2D eigenvalue weighted by Crippen LogP contribution is -2.40. The third kappa shape index (κ3) is 3.91. The minimum atomic E-state index is -3.12. The largest absolute Gasteiger partial charge is 0.330 e. The van der Waals surface area contributed by atoms with Crippen LogP contribution in [0.4, 0.5) is 0 Å². The van der Waals surface area contributed by atoms with Gasteiger partial charge < -0.3 is 4.90 Å². The van der Waals surface area contributed by atoms with Crippen molar-refractivity contribution in [3.63, 3.8) is 0 Å². The number of rotatable bonds is 4. The molecular weight excluding hydrogens is 394 g/mol. The number of sulfone groups is 1. The average molecular weight is 414 g/mol. The maximum absolute atomic E-state index is 13.3. The molecule has 0 saturated carbocycles. The van der Waals surface area contributed by atoms with Gasteiger partial charge in [0, 0.05) is 23.2 Å². The van der Waals surface area contributed by atoms with Crippen molar-refractivity contribution in [1.82, 2.24) is 4.90 Å². The van der Waals surface area contributed by atoms with Crippen LogP contribution in [0.1, 0.15) is 22.3 Å². The molecule has 1 saturated heterocycles. The van der Waals surface area contributed by atoms with Crippen molar-refractivity contribution in [1.29, 1.82) is 0 Å². The molecule has 1 aliphatic rings. The minimum Gasteiger partial charge on any atom is -0.330 e. The number of benzene rings is 3. The lowest BCUT2D eigenvalue weighted by Gasteiger charge is -2.29. The first kappa shape index (κ1) is 19.0. The zero-order chi connectivity index (χ0) is 19.7. The highest BCUT2D eigenvalue weighted by Crippen LogP contribution is 2.26. The molecule has 1 aliphatic heterocycles. The van der Waals surface area contributed by atoms with Crippen molar-refractivity contribution >= 4 is 38.1 Å². The molecular formula is C22H20ClNO3S. The van der Waals surface area contributed by atoms with Crippen LogP contribution < -0.4 is 0 Å². The van der Waals surface area contributed by atoms with E-state index < -0.39 is 9.84 Å². The summed E-state index contributed by atoms with van der Waals surface area (Å²) < 4.78 is 24.1. The fourth-order valence-corrected chi connectivity index (χ4v) is 5.71. The zero-order valence-corrected chi connectivity index (χ0v) is 16.8. The summed E-state index contributed by atoms with van der Waals surface area (Å²) in [5, 5.41) is 2.64. The van der Waals surface area contributed by atoms with Gasteiger partial charge in [-0.15, -0.1) is 0 Å². The number of fused-ring (bicyclic) bond motifs is 1. The highest BCUT2D eigenvalue weighted by molar-refractivity contribution is 7.91. The first-order chi connectivity index (χ1) is 13.4. The summed E-state index contributed by atoms with van der Waals surface area (Å²) in [5.74, 6) is -0.0751. The fourth-order valence-electron chi connectivity index (χ4n) is 3.79. The summed E-state index contributed by atoms with van der Waals surface area (Å²) in [5.41, 5.74) is 1.47. The van der Waals surface area contributed by atoms with Crippen LogP contribution in [0.25, 0.3) is 10.8 Å². The van der Waals surface area contributed by atoms with Gasteiger partial charge in [-0.3, -0.25) is 4.79 Å². The number of nitrogens with zero attached hydrogens (tertiary/aromatic N) is 1. The van der Waals surface area contributed by atoms with Gasteiger partial charge in [-0.2, -0.15) is 0 Å². The summed E-state index contributed by atoms with van der Waals surface area (Å²) in [6.45, 7) is 0.354. The Morgan fingerprint density at radius 2 is 1.79 bits per heavy atom. The summed E-state index contributed by atoms with van der Waals surface area (Å²) in [7, 11) is -3.12. The summed E-state index contributed by atoms with van der Waals surface area (Å²) in [6.07, 6.45) is 0.458. The number of amides is 1. The predicted octanol–water partition coefficient (Wildman–Crippen LogP) is 4.32. The van der Waals surface area contributed by atoms with Gasteiger partial charge in [0.05, 0.1) is 11.5 Å². The number of halogens is 1. The molecule has 4 nitrogen and oxygen atoms in total. The predicted molar refractivity (Wildman–Crippen MR) is 112 cm³/mol. The Bertz CT molecular complexity index is 1140. The van der Waals surface area contributed by atoms with Gasteiger partial charge in [-0.05, 0) is 41.0 Å². The normalized spacial score (nSPS) is 18.2. The van der Waals surface area contributed by atoms with E-state index in [1.54, 1.807) is 29.2 Å². The molecule has 1 atom stereocenters. The Morgan fingerprint density at radius 3 is 2.54 bits per heavy atom. The van der Waals surface area contributed by atoms with Crippen LogP contribution in [0, 0.1) is 0 Å². The van der Waals surface area contributed by atoms with E-state index in [9.17, 15) is 13.2 Å². The van der Waals surface area contributed by atoms with E-state index in [-0.39, 0.29) is 23.5 Å². The smallest absolute Gasteiger partial charge is 0.254 e. The first-order valence-electron chi connectivity index (χ1n) is 9.16. The molecule has 1 heterocycles. The lowest BCUT2D eigenvalue weighted by molar-refractivity contribution is 0.0682. The Kier molecular flexibility index (Phi) is 5.13. The quantitative estimate of drug-likeness (QED) is 0.640. The number of hydrogen-bond acceptors (Lipinski definition) is 3. The van der Waals surface area contributed by atoms with Gasteiger partial charge in [0.2, 0.25) is 0 Å². The maximum atomic E-state index is 13.3. The summed E-state index contributed by atoms with van der Waals surface area (Å²) in [6, 6.07) is 20.4. The van der Waals surface area contributed by atoms with Crippen LogP contribution in [0.3, 0.4) is 0 Å². The van der Waals surface area contributed by atoms with Crippen molar-refractivity contribution in [2.45, 2.75) is 19.0 Å². The standard InChI is InChI=1S/C22H20ClNO3S/c23-19-9-4-7-17(13-19)22(25)24(20-11-12-28(26,27)15-20)14-18-8-3-6-16-5-1-2-10-21(16)18/h1-10,13,20H,11-12,14-15H2. The summed E-state index contributed by atoms with van der Waals surface area (Å²) >= 11 is 6.07. The van der Waals surface area contributed by atoms with Gasteiger partial charge >= 0.3 is 0 Å². The summed E-state index contributed by atoms with van der Waals surface area (Å²) in [4.78, 5) is 15.0. The SMILES string of the molecule is O=C(c1cccc(Cl)c1)N(Cc1cccc2ccccc12)C1CCS(=O)(=O)C1. The van der Waals surface area contributed by atoms with E-state index in [0.717, 1.165) is 16.3 Å². The van der Waals surface area contributed by atoms with Crippen molar-refractivity contribution < 1.29 is 13.2 Å². The fraction of sp³-hybridized carbons (Fsp3) is 0.227. The molecule has 1 fully saturated rings. The molecule has 0 spiro atoms. The van der Waals surface area contributed by atoms with E-state index in [2.05, 4.69) is 0 Å². The van der Waals surface area contributed by atoms with E-state index in [1.807, 2.05) is 42.5 Å². The van der Waals surface area contributed by atoms with Crippen molar-refractivity contribution in [3.8, 4) is 0 Å². The van der Waals surface area contributed by atoms with Crippen LogP contribution in [0.15, 0.2) is 66.7 Å². The molecule has 0 aliphatic carbocycles. The number of carbonyl (C=O) groups excluding carboxylic acids is 1. The van der Waals surface area contributed by atoms with Crippen molar-refractivity contribution in [2.24, 2.45) is 0 Å². The second-order valence-electron chi connectivity index (χ2n) is 7.14. The van der Waals surface area contributed by atoms with Crippen molar-refractivity contribution in [3.05, 3.63) is 82.9 Å². The molecule has 4 rings (SSSR count). The highest BCUT2D eigenvalue weighted by Gasteiger charge is 2.35. The van der Waals surface area contributed by atoms with E-state index >= 15 is 0 Å². The monoisotopic (exact) mass is 413 g/mol. The van der Waals surface area contributed by atoms with Crippen LogP contribution >= 0.6 is 11.6 Å². The third-order valence-electron chi connectivity index (χ3n) is 5.20. The molecule has 144 valence electrons. The van der Waals surface area contributed by atoms with Gasteiger partial charge in [0.1, 0.15) is 0 Å². The highest BCUT2D eigenvalue weighted by atomic mass is 35.5. The molecule has 0 aromatic heterocycles. The molecule has 0 radical (unpaired) electrons. The third-order valence-corrected chi connectivity index (χ3v) is 7.19. The maximum Gasteiger partial charge on any atom is 0.254 e. The molecule has 1 unspecified atom stereocenters. The van der Waals surface area contributed by atoms with Gasteiger partial charge in [0.15, 0.2) is 9.84 Å². The van der Waals surface area contributed by atoms with Crippen LogP contribution in [-0.4, -0.2) is 36.8 Å². The Morgan fingerprint density at radius 1 is 1.04 bits per heavy atom. The van der Waals surface area contributed by atoms with E-state index in [1.165, 1.54) is 0 Å². The van der Waals surface area contributed by atoms with Crippen LogP contribution in [0.5, 0.6) is 0 Å². The molecule has 1 amide bonds. The van der Waals surface area contributed by atoms with Crippen molar-refractivity contribution in [2.75, 3.05) is 11.5 Å². The van der Waals surface area contributed by atoms with E-state index in [4.69, 9.17) is 11.6 Å². The first-order valence-corrected chi connectivity index (χ1v) is 11.4. The van der Waals surface area contributed by atoms with E-state index in [0.29, 0.717) is 23.6 Å². The Labute approximate surface area is 169 Å². The second kappa shape index (κ2) is 7.57. The molecule has 28 heavy (non-hydrogen) atoms. The average Bonchev–Trinajstić information content (AvgIpc) is 3.05. The van der Waals surface area contributed by atoms with Crippen LogP contribution in [-0.2, 0) is 16.4 Å². The van der Waals surface area contributed by atoms with Gasteiger partial charge in [-0.25, -0.2) is 8.42 Å². The van der Waals surface area contributed by atoms with Gasteiger partial charge in [0.25, 0.3) is 5.91 Å². The molecule has 3 aromatic rings. The zero-order valence-electron chi connectivity index (χ0n) is 15.2.